The van der Waals surface area contributed by atoms with Gasteiger partial charge in [0.1, 0.15) is 0 Å². The van der Waals surface area contributed by atoms with Crippen molar-refractivity contribution in [3.05, 3.63) is 42.2 Å². The SMILES string of the molecule is CC(C)S(=O)(=O)CC1CCC(CCCc2nccc3ccccc23)CC1. The molecule has 1 saturated carbocycles. The summed E-state index contributed by atoms with van der Waals surface area (Å²) >= 11 is 0. The number of benzene rings is 1. The van der Waals surface area contributed by atoms with E-state index >= 15 is 0 Å². The molecule has 1 fully saturated rings. The summed E-state index contributed by atoms with van der Waals surface area (Å²) in [5, 5.41) is 2.30. The highest BCUT2D eigenvalue weighted by atomic mass is 32.2. The number of nitrogens with zero attached hydrogens (tertiary/aromatic N) is 1. The highest BCUT2D eigenvalue weighted by molar-refractivity contribution is 7.91. The van der Waals surface area contributed by atoms with Gasteiger partial charge in [-0.05, 0) is 62.8 Å². The topological polar surface area (TPSA) is 47.0 Å². The van der Waals surface area contributed by atoms with Crippen LogP contribution in [0.2, 0.25) is 0 Å². The molecule has 26 heavy (non-hydrogen) atoms. The normalized spacial score (nSPS) is 21.3. The molecule has 1 aromatic carbocycles. The first-order valence-electron chi connectivity index (χ1n) is 10.00. The Balaban J connectivity index is 1.46. The lowest BCUT2D eigenvalue weighted by Gasteiger charge is -2.28. The van der Waals surface area contributed by atoms with Crippen molar-refractivity contribution in [2.45, 2.75) is 64.0 Å². The minimum Gasteiger partial charge on any atom is -0.261 e. The van der Waals surface area contributed by atoms with Gasteiger partial charge >= 0.3 is 0 Å². The van der Waals surface area contributed by atoms with E-state index in [1.54, 1.807) is 13.8 Å². The van der Waals surface area contributed by atoms with Crippen LogP contribution in [0.1, 0.15) is 58.1 Å². The molecule has 2 aromatic rings. The zero-order chi connectivity index (χ0) is 18.6. The molecule has 1 aliphatic carbocycles. The van der Waals surface area contributed by atoms with Crippen LogP contribution in [0.15, 0.2) is 36.5 Å². The Labute approximate surface area is 158 Å². The Bertz CT molecular complexity index is 816. The maximum atomic E-state index is 12.1. The molecule has 3 nitrogen and oxygen atoms in total. The van der Waals surface area contributed by atoms with Gasteiger partial charge in [0, 0.05) is 17.3 Å². The van der Waals surface area contributed by atoms with Crippen molar-refractivity contribution in [3.8, 4) is 0 Å². The van der Waals surface area contributed by atoms with E-state index in [1.165, 1.54) is 42.1 Å². The summed E-state index contributed by atoms with van der Waals surface area (Å²) in [6.45, 7) is 3.59. The molecule has 0 spiro atoms. The molecule has 1 aromatic heterocycles. The van der Waals surface area contributed by atoms with E-state index < -0.39 is 9.84 Å². The van der Waals surface area contributed by atoms with Gasteiger partial charge in [-0.1, -0.05) is 43.5 Å². The fraction of sp³-hybridized carbons (Fsp3) is 0.591. The zero-order valence-electron chi connectivity index (χ0n) is 16.0. The van der Waals surface area contributed by atoms with E-state index in [9.17, 15) is 8.42 Å². The first kappa shape index (κ1) is 19.3. The summed E-state index contributed by atoms with van der Waals surface area (Å²) in [7, 11) is -2.90. The lowest BCUT2D eigenvalue weighted by Crippen LogP contribution is -2.26. The minimum absolute atomic E-state index is 0.242. The van der Waals surface area contributed by atoms with E-state index in [0.717, 1.165) is 25.2 Å². The predicted octanol–water partition coefficient (Wildman–Crippen LogP) is 5.19. The van der Waals surface area contributed by atoms with Crippen molar-refractivity contribution in [1.82, 2.24) is 4.98 Å². The fourth-order valence-electron chi connectivity index (χ4n) is 4.15. The molecule has 4 heteroatoms. The summed E-state index contributed by atoms with van der Waals surface area (Å²) in [5.41, 5.74) is 1.21. The van der Waals surface area contributed by atoms with Crippen molar-refractivity contribution in [2.75, 3.05) is 5.75 Å². The van der Waals surface area contributed by atoms with Crippen molar-refractivity contribution in [3.63, 3.8) is 0 Å². The van der Waals surface area contributed by atoms with Crippen LogP contribution in [0.25, 0.3) is 10.8 Å². The van der Waals surface area contributed by atoms with Crippen LogP contribution in [-0.4, -0.2) is 24.4 Å². The van der Waals surface area contributed by atoms with Gasteiger partial charge in [-0.25, -0.2) is 8.42 Å². The lowest BCUT2D eigenvalue weighted by molar-refractivity contribution is 0.274. The van der Waals surface area contributed by atoms with E-state index in [0.29, 0.717) is 11.7 Å². The molecule has 142 valence electrons. The largest absolute Gasteiger partial charge is 0.261 e. The third-order valence-electron chi connectivity index (χ3n) is 5.93. The number of hydrogen-bond donors (Lipinski definition) is 0. The number of sulfone groups is 1. The second-order valence-corrected chi connectivity index (χ2v) is 10.7. The fourth-order valence-corrected chi connectivity index (χ4v) is 5.52. The maximum absolute atomic E-state index is 12.1. The Morgan fingerprint density at radius 3 is 2.46 bits per heavy atom. The van der Waals surface area contributed by atoms with Crippen LogP contribution in [0.5, 0.6) is 0 Å². The molecule has 0 N–H and O–H groups in total. The molecule has 1 heterocycles. The summed E-state index contributed by atoms with van der Waals surface area (Å²) in [6.07, 6.45) is 9.85. The number of rotatable bonds is 7. The van der Waals surface area contributed by atoms with Crippen LogP contribution < -0.4 is 0 Å². The minimum atomic E-state index is -2.90. The quantitative estimate of drug-likeness (QED) is 0.671. The van der Waals surface area contributed by atoms with Gasteiger partial charge in [0.2, 0.25) is 0 Å². The Kier molecular flexibility index (Phi) is 6.33. The molecular formula is C22H31NO2S. The smallest absolute Gasteiger partial charge is 0.152 e. The highest BCUT2D eigenvalue weighted by Crippen LogP contribution is 2.33. The van der Waals surface area contributed by atoms with Crippen molar-refractivity contribution in [2.24, 2.45) is 11.8 Å². The van der Waals surface area contributed by atoms with Gasteiger partial charge in [0.25, 0.3) is 0 Å². The molecule has 0 bridgehead atoms. The first-order chi connectivity index (χ1) is 12.5. The van der Waals surface area contributed by atoms with E-state index in [1.807, 2.05) is 6.20 Å². The standard InChI is InChI=1S/C22H31NO2S/c1-17(2)26(24,25)16-19-12-10-18(11-13-19)6-5-9-22-21-8-4-3-7-20(21)14-15-23-22/h3-4,7-8,14-15,17-19H,5-6,9-13,16H2,1-2H3. The number of fused-ring (bicyclic) bond motifs is 1. The monoisotopic (exact) mass is 373 g/mol. The van der Waals surface area contributed by atoms with Gasteiger partial charge in [-0.2, -0.15) is 0 Å². The van der Waals surface area contributed by atoms with Crippen molar-refractivity contribution in [1.29, 1.82) is 0 Å². The molecule has 0 saturated heterocycles. The lowest BCUT2D eigenvalue weighted by atomic mass is 9.80. The van der Waals surface area contributed by atoms with Crippen LogP contribution in [0.4, 0.5) is 0 Å². The summed E-state index contributed by atoms with van der Waals surface area (Å²) < 4.78 is 24.2. The first-order valence-corrected chi connectivity index (χ1v) is 11.7. The molecule has 3 rings (SSSR count). The van der Waals surface area contributed by atoms with Crippen molar-refractivity contribution < 1.29 is 8.42 Å². The zero-order valence-corrected chi connectivity index (χ0v) is 16.8. The van der Waals surface area contributed by atoms with Gasteiger partial charge in [0.15, 0.2) is 9.84 Å². The molecule has 0 atom stereocenters. The Morgan fingerprint density at radius 2 is 1.73 bits per heavy atom. The number of aromatic nitrogens is 1. The van der Waals surface area contributed by atoms with Crippen LogP contribution in [0, 0.1) is 11.8 Å². The van der Waals surface area contributed by atoms with E-state index in [-0.39, 0.29) is 5.25 Å². The Morgan fingerprint density at radius 1 is 1.04 bits per heavy atom. The second kappa shape index (κ2) is 8.51. The van der Waals surface area contributed by atoms with E-state index in [4.69, 9.17) is 0 Å². The predicted molar refractivity (Wildman–Crippen MR) is 109 cm³/mol. The second-order valence-electron chi connectivity index (χ2n) is 8.14. The van der Waals surface area contributed by atoms with Crippen LogP contribution in [0.3, 0.4) is 0 Å². The van der Waals surface area contributed by atoms with Gasteiger partial charge in [-0.15, -0.1) is 0 Å². The summed E-state index contributed by atoms with van der Waals surface area (Å²) in [4.78, 5) is 4.59. The molecule has 0 aliphatic heterocycles. The van der Waals surface area contributed by atoms with Crippen LogP contribution >= 0.6 is 0 Å². The molecule has 0 radical (unpaired) electrons. The third-order valence-corrected chi connectivity index (χ3v) is 8.31. The Hall–Kier alpha value is -1.42. The number of hydrogen-bond acceptors (Lipinski definition) is 3. The molecular weight excluding hydrogens is 342 g/mol. The average molecular weight is 374 g/mol. The van der Waals surface area contributed by atoms with Gasteiger partial charge < -0.3 is 0 Å². The van der Waals surface area contributed by atoms with E-state index in [2.05, 4.69) is 35.3 Å². The number of pyridine rings is 1. The summed E-state index contributed by atoms with van der Waals surface area (Å²) in [5.74, 6) is 1.51. The van der Waals surface area contributed by atoms with Gasteiger partial charge in [-0.3, -0.25) is 4.98 Å². The number of aryl methyl sites for hydroxylation is 1. The molecule has 0 unspecified atom stereocenters. The summed E-state index contributed by atoms with van der Waals surface area (Å²) in [6, 6.07) is 10.5. The van der Waals surface area contributed by atoms with Gasteiger partial charge in [0.05, 0.1) is 11.0 Å². The average Bonchev–Trinajstić information content (AvgIpc) is 2.63. The van der Waals surface area contributed by atoms with Crippen LogP contribution in [-0.2, 0) is 16.3 Å². The maximum Gasteiger partial charge on any atom is 0.152 e. The highest BCUT2D eigenvalue weighted by Gasteiger charge is 2.27. The van der Waals surface area contributed by atoms with Crippen molar-refractivity contribution >= 4 is 20.6 Å². The molecule has 1 aliphatic rings. The molecule has 0 amide bonds. The third kappa shape index (κ3) is 4.85.